The molecule has 1 fully saturated rings. The molecule has 0 aliphatic heterocycles. The molecule has 1 saturated carbocycles. The van der Waals surface area contributed by atoms with Crippen LogP contribution < -0.4 is 5.32 Å². The van der Waals surface area contributed by atoms with Gasteiger partial charge >= 0.3 is 0 Å². The highest BCUT2D eigenvalue weighted by molar-refractivity contribution is 6.18. The molecule has 1 N–H and O–H groups in total. The van der Waals surface area contributed by atoms with Crippen molar-refractivity contribution in [2.75, 3.05) is 12.4 Å². The summed E-state index contributed by atoms with van der Waals surface area (Å²) in [5.41, 5.74) is 0.571. The van der Waals surface area contributed by atoms with Crippen LogP contribution in [0.1, 0.15) is 36.2 Å². The summed E-state index contributed by atoms with van der Waals surface area (Å²) in [4.78, 5) is 15.9. The van der Waals surface area contributed by atoms with Gasteiger partial charge < -0.3 is 5.32 Å². The quantitative estimate of drug-likeness (QED) is 0.837. The number of nitrogens with one attached hydrogen (secondary N) is 1. The zero-order chi connectivity index (χ0) is 12.1. The molecule has 0 aromatic carbocycles. The Morgan fingerprint density at radius 2 is 2.18 bits per heavy atom. The fourth-order valence-corrected chi connectivity index (χ4v) is 2.70. The first-order valence-corrected chi connectivity index (χ1v) is 6.54. The summed E-state index contributed by atoms with van der Waals surface area (Å²) >= 11 is 6.03. The maximum Gasteiger partial charge on any atom is 0.269 e. The van der Waals surface area contributed by atoms with Gasteiger partial charge in [0.1, 0.15) is 5.69 Å². The van der Waals surface area contributed by atoms with Gasteiger partial charge in [-0.2, -0.15) is 0 Å². The predicted molar refractivity (Wildman–Crippen MR) is 68.2 cm³/mol. The summed E-state index contributed by atoms with van der Waals surface area (Å²) in [5.74, 6) is 0.511. The van der Waals surface area contributed by atoms with Gasteiger partial charge in [0, 0.05) is 24.0 Å². The number of alkyl halides is 1. The van der Waals surface area contributed by atoms with Crippen molar-refractivity contribution in [3.63, 3.8) is 0 Å². The molecule has 1 aliphatic rings. The van der Waals surface area contributed by atoms with Gasteiger partial charge in [0.05, 0.1) is 0 Å². The van der Waals surface area contributed by atoms with Gasteiger partial charge in [-0.3, -0.25) is 9.78 Å². The maximum atomic E-state index is 11.8. The minimum absolute atomic E-state index is 0.103. The average Bonchev–Trinajstić information content (AvgIpc) is 2.86. The van der Waals surface area contributed by atoms with E-state index in [1.165, 1.54) is 12.8 Å². The number of rotatable bonds is 4. The van der Waals surface area contributed by atoms with Gasteiger partial charge in [0.2, 0.25) is 0 Å². The summed E-state index contributed by atoms with van der Waals surface area (Å²) in [7, 11) is 0. The number of halogens is 1. The standard InChI is InChI=1S/C13H17ClN2O/c14-9-13(6-2-3-7-13)10-16-12(17)11-5-1-4-8-15-11/h1,4-5,8H,2-3,6-7,9-10H2,(H,16,17). The van der Waals surface area contributed by atoms with E-state index in [1.54, 1.807) is 18.3 Å². The first-order chi connectivity index (χ1) is 8.26. The number of aromatic nitrogens is 1. The van der Waals surface area contributed by atoms with Crippen molar-refractivity contribution < 1.29 is 4.79 Å². The fourth-order valence-electron chi connectivity index (χ4n) is 2.34. The lowest BCUT2D eigenvalue weighted by molar-refractivity contribution is 0.0930. The largest absolute Gasteiger partial charge is 0.350 e. The number of hydrogen-bond acceptors (Lipinski definition) is 2. The Labute approximate surface area is 107 Å². The van der Waals surface area contributed by atoms with Crippen molar-refractivity contribution >= 4 is 17.5 Å². The molecule has 0 radical (unpaired) electrons. The molecule has 3 nitrogen and oxygen atoms in total. The molecule has 92 valence electrons. The van der Waals surface area contributed by atoms with Crippen molar-refractivity contribution in [3.8, 4) is 0 Å². The molecule has 1 aliphatic carbocycles. The molecule has 17 heavy (non-hydrogen) atoms. The van der Waals surface area contributed by atoms with E-state index in [4.69, 9.17) is 11.6 Å². The molecule has 2 rings (SSSR count). The molecule has 0 atom stereocenters. The van der Waals surface area contributed by atoms with E-state index in [9.17, 15) is 4.79 Å². The van der Waals surface area contributed by atoms with Crippen LogP contribution in [0.5, 0.6) is 0 Å². The number of nitrogens with zero attached hydrogens (tertiary/aromatic N) is 1. The number of pyridine rings is 1. The van der Waals surface area contributed by atoms with E-state index >= 15 is 0 Å². The van der Waals surface area contributed by atoms with Crippen LogP contribution in [0.3, 0.4) is 0 Å². The van der Waals surface area contributed by atoms with Crippen molar-refractivity contribution in [3.05, 3.63) is 30.1 Å². The Bertz CT molecular complexity index is 374. The molecule has 1 aromatic heterocycles. The lowest BCUT2D eigenvalue weighted by atomic mass is 9.88. The van der Waals surface area contributed by atoms with Gasteiger partial charge in [-0.25, -0.2) is 0 Å². The Kier molecular flexibility index (Phi) is 4.00. The molecule has 0 spiro atoms. The molecule has 1 heterocycles. The monoisotopic (exact) mass is 252 g/mol. The molecular formula is C13H17ClN2O. The topological polar surface area (TPSA) is 42.0 Å². The number of carbonyl (C=O) groups is 1. The van der Waals surface area contributed by atoms with E-state index in [-0.39, 0.29) is 11.3 Å². The average molecular weight is 253 g/mol. The van der Waals surface area contributed by atoms with E-state index in [0.29, 0.717) is 18.1 Å². The Hall–Kier alpha value is -1.09. The van der Waals surface area contributed by atoms with Crippen molar-refractivity contribution in [1.82, 2.24) is 10.3 Å². The Morgan fingerprint density at radius 1 is 1.41 bits per heavy atom. The van der Waals surface area contributed by atoms with Gasteiger partial charge in [-0.15, -0.1) is 11.6 Å². The van der Waals surface area contributed by atoms with Gasteiger partial charge in [0.25, 0.3) is 5.91 Å². The summed E-state index contributed by atoms with van der Waals surface area (Å²) in [6, 6.07) is 5.33. The highest BCUT2D eigenvalue weighted by Gasteiger charge is 2.33. The lowest BCUT2D eigenvalue weighted by Gasteiger charge is -2.26. The van der Waals surface area contributed by atoms with Gasteiger partial charge in [-0.05, 0) is 25.0 Å². The van der Waals surface area contributed by atoms with E-state index < -0.39 is 0 Å². The summed E-state index contributed by atoms with van der Waals surface area (Å²) in [6.45, 7) is 0.659. The Morgan fingerprint density at radius 3 is 2.76 bits per heavy atom. The number of carbonyl (C=O) groups excluding carboxylic acids is 1. The third-order valence-corrected chi connectivity index (χ3v) is 4.04. The second-order valence-corrected chi connectivity index (χ2v) is 5.01. The molecule has 4 heteroatoms. The van der Waals surface area contributed by atoms with Crippen LogP contribution in [0, 0.1) is 5.41 Å². The zero-order valence-corrected chi connectivity index (χ0v) is 10.5. The SMILES string of the molecule is O=C(NCC1(CCl)CCCC1)c1ccccn1. The van der Waals surface area contributed by atoms with E-state index in [2.05, 4.69) is 10.3 Å². The molecule has 1 aromatic rings. The summed E-state index contributed by atoms with van der Waals surface area (Å²) < 4.78 is 0. The smallest absolute Gasteiger partial charge is 0.269 e. The molecule has 0 unspecified atom stereocenters. The molecule has 0 saturated heterocycles. The van der Waals surface area contributed by atoms with E-state index in [0.717, 1.165) is 12.8 Å². The lowest BCUT2D eigenvalue weighted by Crippen LogP contribution is -2.37. The van der Waals surface area contributed by atoms with Crippen LogP contribution >= 0.6 is 11.6 Å². The second kappa shape index (κ2) is 5.50. The second-order valence-electron chi connectivity index (χ2n) is 4.74. The predicted octanol–water partition coefficient (Wildman–Crippen LogP) is 2.61. The van der Waals surface area contributed by atoms with Crippen LogP contribution in [-0.2, 0) is 0 Å². The molecule has 1 amide bonds. The van der Waals surface area contributed by atoms with Crippen LogP contribution in [-0.4, -0.2) is 23.3 Å². The highest BCUT2D eigenvalue weighted by Crippen LogP contribution is 2.38. The highest BCUT2D eigenvalue weighted by atomic mass is 35.5. The first kappa shape index (κ1) is 12.4. The third kappa shape index (κ3) is 2.97. The normalized spacial score (nSPS) is 17.9. The number of amides is 1. The van der Waals surface area contributed by atoms with Crippen molar-refractivity contribution in [1.29, 1.82) is 0 Å². The van der Waals surface area contributed by atoms with Crippen molar-refractivity contribution in [2.24, 2.45) is 5.41 Å². The Balaban J connectivity index is 1.92. The first-order valence-electron chi connectivity index (χ1n) is 6.01. The van der Waals surface area contributed by atoms with Crippen LogP contribution in [0.4, 0.5) is 0 Å². The van der Waals surface area contributed by atoms with Gasteiger partial charge in [-0.1, -0.05) is 18.9 Å². The molecule has 0 bridgehead atoms. The van der Waals surface area contributed by atoms with Crippen LogP contribution in [0.15, 0.2) is 24.4 Å². The minimum atomic E-state index is -0.109. The summed E-state index contributed by atoms with van der Waals surface area (Å²) in [5, 5.41) is 2.95. The van der Waals surface area contributed by atoms with E-state index in [1.807, 2.05) is 6.07 Å². The fraction of sp³-hybridized carbons (Fsp3) is 0.538. The minimum Gasteiger partial charge on any atom is -0.350 e. The molecular weight excluding hydrogens is 236 g/mol. The summed E-state index contributed by atoms with van der Waals surface area (Å²) in [6.07, 6.45) is 6.28. The maximum absolute atomic E-state index is 11.8. The van der Waals surface area contributed by atoms with Gasteiger partial charge in [0.15, 0.2) is 0 Å². The zero-order valence-electron chi connectivity index (χ0n) is 9.79. The van der Waals surface area contributed by atoms with Crippen molar-refractivity contribution in [2.45, 2.75) is 25.7 Å². The van der Waals surface area contributed by atoms with Crippen LogP contribution in [0.2, 0.25) is 0 Å². The van der Waals surface area contributed by atoms with Crippen LogP contribution in [0.25, 0.3) is 0 Å². The third-order valence-electron chi connectivity index (χ3n) is 3.47. The number of hydrogen-bond donors (Lipinski definition) is 1.